The Hall–Kier alpha value is -0.0800. The van der Waals surface area contributed by atoms with E-state index in [1.807, 2.05) is 6.92 Å². The molecule has 0 aliphatic heterocycles. The van der Waals surface area contributed by atoms with E-state index in [1.165, 1.54) is 19.3 Å². The highest BCUT2D eigenvalue weighted by Crippen LogP contribution is 2.28. The maximum atomic E-state index is 8.96. The highest BCUT2D eigenvalue weighted by molar-refractivity contribution is 4.82. The van der Waals surface area contributed by atoms with Crippen molar-refractivity contribution in [3.8, 4) is 0 Å². The lowest BCUT2D eigenvalue weighted by Crippen LogP contribution is -2.45. The van der Waals surface area contributed by atoms with Crippen LogP contribution in [0.3, 0.4) is 0 Å². The average molecular weight is 185 g/mol. The topological polar surface area (TPSA) is 32.3 Å². The first-order valence-electron chi connectivity index (χ1n) is 5.50. The SMILES string of the molecule is CC1CCC(C)C(NC(C)CO)C1. The van der Waals surface area contributed by atoms with E-state index in [2.05, 4.69) is 19.2 Å². The molecule has 2 heteroatoms. The van der Waals surface area contributed by atoms with Gasteiger partial charge in [0.05, 0.1) is 6.61 Å². The minimum absolute atomic E-state index is 0.248. The van der Waals surface area contributed by atoms with Crippen LogP contribution in [0, 0.1) is 11.8 Å². The van der Waals surface area contributed by atoms with Crippen molar-refractivity contribution >= 4 is 0 Å². The van der Waals surface area contributed by atoms with E-state index < -0.39 is 0 Å². The molecule has 1 aliphatic rings. The molecule has 0 spiro atoms. The lowest BCUT2D eigenvalue weighted by atomic mass is 9.80. The molecule has 0 saturated heterocycles. The Balaban J connectivity index is 2.37. The lowest BCUT2D eigenvalue weighted by molar-refractivity contribution is 0.182. The number of nitrogens with one attached hydrogen (secondary N) is 1. The fourth-order valence-electron chi connectivity index (χ4n) is 2.18. The molecule has 4 atom stereocenters. The van der Waals surface area contributed by atoms with Crippen molar-refractivity contribution in [1.82, 2.24) is 5.32 Å². The minimum Gasteiger partial charge on any atom is -0.395 e. The highest BCUT2D eigenvalue weighted by Gasteiger charge is 2.25. The molecule has 1 fully saturated rings. The van der Waals surface area contributed by atoms with E-state index in [-0.39, 0.29) is 12.6 Å². The van der Waals surface area contributed by atoms with Crippen LogP contribution in [0.4, 0.5) is 0 Å². The first kappa shape index (κ1) is 11.0. The fourth-order valence-corrected chi connectivity index (χ4v) is 2.18. The van der Waals surface area contributed by atoms with Crippen molar-refractivity contribution in [3.63, 3.8) is 0 Å². The second-order valence-electron chi connectivity index (χ2n) is 4.75. The zero-order valence-electron chi connectivity index (χ0n) is 9.09. The van der Waals surface area contributed by atoms with Crippen LogP contribution in [0.5, 0.6) is 0 Å². The predicted octanol–water partition coefficient (Wildman–Crippen LogP) is 1.78. The lowest BCUT2D eigenvalue weighted by Gasteiger charge is -2.35. The average Bonchev–Trinajstić information content (AvgIpc) is 2.11. The van der Waals surface area contributed by atoms with Crippen LogP contribution in [0.2, 0.25) is 0 Å². The fraction of sp³-hybridized carbons (Fsp3) is 1.00. The summed E-state index contributed by atoms with van der Waals surface area (Å²) in [4.78, 5) is 0. The third kappa shape index (κ3) is 3.28. The molecular formula is C11H23NO. The van der Waals surface area contributed by atoms with Gasteiger partial charge in [-0.2, -0.15) is 0 Å². The zero-order valence-corrected chi connectivity index (χ0v) is 9.09. The summed E-state index contributed by atoms with van der Waals surface area (Å²) in [5, 5.41) is 12.5. The molecule has 0 aromatic carbocycles. The predicted molar refractivity (Wildman–Crippen MR) is 55.7 cm³/mol. The zero-order chi connectivity index (χ0) is 9.84. The third-order valence-electron chi connectivity index (χ3n) is 3.23. The van der Waals surface area contributed by atoms with Crippen LogP contribution >= 0.6 is 0 Å². The van der Waals surface area contributed by atoms with Gasteiger partial charge in [-0.05, 0) is 31.6 Å². The van der Waals surface area contributed by atoms with Gasteiger partial charge in [-0.1, -0.05) is 20.3 Å². The van der Waals surface area contributed by atoms with Crippen LogP contribution in [0.25, 0.3) is 0 Å². The molecule has 2 nitrogen and oxygen atoms in total. The molecule has 0 radical (unpaired) electrons. The number of rotatable bonds is 3. The van der Waals surface area contributed by atoms with Crippen molar-refractivity contribution in [2.24, 2.45) is 11.8 Å². The summed E-state index contributed by atoms with van der Waals surface area (Å²) in [6, 6.07) is 0.864. The summed E-state index contributed by atoms with van der Waals surface area (Å²) in [5.74, 6) is 1.62. The number of hydrogen-bond acceptors (Lipinski definition) is 2. The van der Waals surface area contributed by atoms with Crippen molar-refractivity contribution < 1.29 is 5.11 Å². The van der Waals surface area contributed by atoms with E-state index in [1.54, 1.807) is 0 Å². The van der Waals surface area contributed by atoms with Gasteiger partial charge < -0.3 is 10.4 Å². The standard InChI is InChI=1S/C11H23NO/c1-8-4-5-9(2)11(6-8)12-10(3)7-13/h8-13H,4-7H2,1-3H3. The van der Waals surface area contributed by atoms with Gasteiger partial charge in [-0.15, -0.1) is 0 Å². The first-order chi connectivity index (χ1) is 6.13. The van der Waals surface area contributed by atoms with Gasteiger partial charge in [-0.25, -0.2) is 0 Å². The quantitative estimate of drug-likeness (QED) is 0.702. The van der Waals surface area contributed by atoms with E-state index in [9.17, 15) is 0 Å². The Labute approximate surface area is 81.7 Å². The summed E-state index contributed by atoms with van der Waals surface area (Å²) in [6.07, 6.45) is 3.97. The van der Waals surface area contributed by atoms with Gasteiger partial charge in [0.2, 0.25) is 0 Å². The van der Waals surface area contributed by atoms with Gasteiger partial charge in [0.15, 0.2) is 0 Å². The van der Waals surface area contributed by atoms with Crippen LogP contribution in [0.1, 0.15) is 40.0 Å². The molecule has 4 unspecified atom stereocenters. The number of aliphatic hydroxyl groups is 1. The highest BCUT2D eigenvalue weighted by atomic mass is 16.3. The van der Waals surface area contributed by atoms with Crippen molar-refractivity contribution in [2.45, 2.75) is 52.1 Å². The minimum atomic E-state index is 0.248. The second kappa shape index (κ2) is 4.97. The van der Waals surface area contributed by atoms with Crippen molar-refractivity contribution in [3.05, 3.63) is 0 Å². The molecule has 0 heterocycles. The molecule has 13 heavy (non-hydrogen) atoms. The molecule has 1 saturated carbocycles. The normalized spacial score (nSPS) is 37.4. The Bertz CT molecular complexity index is 149. The molecule has 78 valence electrons. The van der Waals surface area contributed by atoms with E-state index in [0.29, 0.717) is 6.04 Å². The van der Waals surface area contributed by atoms with Crippen LogP contribution < -0.4 is 5.32 Å². The Morgan fingerprint density at radius 1 is 1.38 bits per heavy atom. The Morgan fingerprint density at radius 2 is 2.08 bits per heavy atom. The maximum Gasteiger partial charge on any atom is 0.0582 e. The monoisotopic (exact) mass is 185 g/mol. The molecular weight excluding hydrogens is 162 g/mol. The molecule has 0 aromatic rings. The second-order valence-corrected chi connectivity index (χ2v) is 4.75. The van der Waals surface area contributed by atoms with E-state index in [0.717, 1.165) is 11.8 Å². The van der Waals surface area contributed by atoms with Gasteiger partial charge in [0.25, 0.3) is 0 Å². The molecule has 1 rings (SSSR count). The maximum absolute atomic E-state index is 8.96. The van der Waals surface area contributed by atoms with Crippen molar-refractivity contribution in [2.75, 3.05) is 6.61 Å². The molecule has 0 bridgehead atoms. The van der Waals surface area contributed by atoms with E-state index in [4.69, 9.17) is 5.11 Å². The number of hydrogen-bond donors (Lipinski definition) is 2. The molecule has 0 aromatic heterocycles. The van der Waals surface area contributed by atoms with Crippen LogP contribution in [0.15, 0.2) is 0 Å². The first-order valence-corrected chi connectivity index (χ1v) is 5.50. The summed E-state index contributed by atoms with van der Waals surface area (Å²) in [6.45, 7) is 6.93. The largest absolute Gasteiger partial charge is 0.395 e. The Morgan fingerprint density at radius 3 is 2.69 bits per heavy atom. The molecule has 0 amide bonds. The summed E-state index contributed by atoms with van der Waals surface area (Å²) < 4.78 is 0. The van der Waals surface area contributed by atoms with Gasteiger partial charge >= 0.3 is 0 Å². The van der Waals surface area contributed by atoms with Gasteiger partial charge in [0, 0.05) is 12.1 Å². The molecule has 2 N–H and O–H groups in total. The summed E-state index contributed by atoms with van der Waals surface area (Å²) in [5.41, 5.74) is 0. The smallest absolute Gasteiger partial charge is 0.0582 e. The number of aliphatic hydroxyl groups excluding tert-OH is 1. The van der Waals surface area contributed by atoms with E-state index >= 15 is 0 Å². The van der Waals surface area contributed by atoms with Gasteiger partial charge in [0.1, 0.15) is 0 Å². The van der Waals surface area contributed by atoms with Gasteiger partial charge in [-0.3, -0.25) is 0 Å². The summed E-state index contributed by atoms with van der Waals surface area (Å²) in [7, 11) is 0. The van der Waals surface area contributed by atoms with Crippen LogP contribution in [-0.2, 0) is 0 Å². The Kier molecular flexibility index (Phi) is 4.20. The molecule has 1 aliphatic carbocycles. The van der Waals surface area contributed by atoms with Crippen molar-refractivity contribution in [1.29, 1.82) is 0 Å². The summed E-state index contributed by atoms with van der Waals surface area (Å²) >= 11 is 0. The third-order valence-corrected chi connectivity index (χ3v) is 3.23. The van der Waals surface area contributed by atoms with Crippen LogP contribution in [-0.4, -0.2) is 23.8 Å².